The predicted octanol–water partition coefficient (Wildman–Crippen LogP) is 1.35. The minimum absolute atomic E-state index is 0.0801. The molecule has 4 nitrogen and oxygen atoms in total. The zero-order valence-electron chi connectivity index (χ0n) is 12.0. The van der Waals surface area contributed by atoms with E-state index in [1.807, 2.05) is 32.8 Å². The van der Waals surface area contributed by atoms with Crippen LogP contribution in [0.5, 0.6) is 0 Å². The van der Waals surface area contributed by atoms with Gasteiger partial charge in [0.05, 0.1) is 6.61 Å². The van der Waals surface area contributed by atoms with Crippen LogP contribution in [0.4, 0.5) is 0 Å². The van der Waals surface area contributed by atoms with Gasteiger partial charge in [0, 0.05) is 18.3 Å². The van der Waals surface area contributed by atoms with Crippen molar-refractivity contribution in [2.45, 2.75) is 37.5 Å². The van der Waals surface area contributed by atoms with E-state index >= 15 is 0 Å². The maximum atomic E-state index is 12.3. The first-order valence-electron chi connectivity index (χ1n) is 6.71. The summed E-state index contributed by atoms with van der Waals surface area (Å²) in [6, 6.07) is 0. The number of carbonyl (C=O) groups excluding carboxylic acids is 1. The Morgan fingerprint density at radius 3 is 2.83 bits per heavy atom. The van der Waals surface area contributed by atoms with Gasteiger partial charge in [0.15, 0.2) is 0 Å². The zero-order valence-corrected chi connectivity index (χ0v) is 12.8. The molecule has 1 rings (SSSR count). The zero-order chi connectivity index (χ0) is 13.6. The monoisotopic (exact) mass is 274 g/mol. The molecule has 1 saturated heterocycles. The summed E-state index contributed by atoms with van der Waals surface area (Å²) in [5.41, 5.74) is -0.491. The summed E-state index contributed by atoms with van der Waals surface area (Å²) in [4.78, 5) is 14.4. The maximum Gasteiger partial charge on any atom is 0.327 e. The van der Waals surface area contributed by atoms with Crippen molar-refractivity contribution >= 4 is 17.7 Å². The van der Waals surface area contributed by atoms with Crippen molar-refractivity contribution in [1.29, 1.82) is 0 Å². The van der Waals surface area contributed by atoms with E-state index < -0.39 is 5.54 Å². The Morgan fingerprint density at radius 2 is 2.28 bits per heavy atom. The number of nitrogens with zero attached hydrogens (tertiary/aromatic N) is 1. The van der Waals surface area contributed by atoms with E-state index in [1.54, 1.807) is 0 Å². The standard InChI is InChI=1S/C13H26N2O2S/c1-5-17-12(16)13(14-8-9-15(3)4)7-6-10-18-11(13)2/h11,14H,5-10H2,1-4H3. The average Bonchev–Trinajstić information content (AvgIpc) is 2.31. The van der Waals surface area contributed by atoms with E-state index in [0.29, 0.717) is 6.61 Å². The van der Waals surface area contributed by atoms with Crippen LogP contribution in [0.2, 0.25) is 0 Å². The van der Waals surface area contributed by atoms with E-state index in [1.165, 1.54) is 0 Å². The molecule has 106 valence electrons. The number of hydrogen-bond acceptors (Lipinski definition) is 5. The first kappa shape index (κ1) is 15.8. The molecule has 2 atom stereocenters. The summed E-state index contributed by atoms with van der Waals surface area (Å²) in [7, 11) is 4.08. The number of carbonyl (C=O) groups is 1. The van der Waals surface area contributed by atoms with Crippen molar-refractivity contribution in [2.75, 3.05) is 39.5 Å². The van der Waals surface area contributed by atoms with Crippen LogP contribution in [-0.2, 0) is 9.53 Å². The van der Waals surface area contributed by atoms with Crippen LogP contribution in [0.3, 0.4) is 0 Å². The second-order valence-electron chi connectivity index (χ2n) is 5.04. The summed E-state index contributed by atoms with van der Waals surface area (Å²) in [5.74, 6) is 1.06. The van der Waals surface area contributed by atoms with Crippen LogP contribution in [0, 0.1) is 0 Å². The molecule has 0 aromatic rings. The van der Waals surface area contributed by atoms with Crippen LogP contribution < -0.4 is 5.32 Å². The number of hydrogen-bond donors (Lipinski definition) is 1. The van der Waals surface area contributed by atoms with Crippen molar-refractivity contribution in [1.82, 2.24) is 10.2 Å². The quantitative estimate of drug-likeness (QED) is 0.741. The fraction of sp³-hybridized carbons (Fsp3) is 0.923. The van der Waals surface area contributed by atoms with Gasteiger partial charge >= 0.3 is 5.97 Å². The second kappa shape index (κ2) is 7.36. The summed E-state index contributed by atoms with van der Waals surface area (Å²) in [5, 5.41) is 3.73. The van der Waals surface area contributed by atoms with Crippen molar-refractivity contribution in [3.8, 4) is 0 Å². The predicted molar refractivity (Wildman–Crippen MR) is 77.1 cm³/mol. The molecule has 1 aliphatic heterocycles. The summed E-state index contributed by atoms with van der Waals surface area (Å²) in [6.07, 6.45) is 1.95. The first-order chi connectivity index (χ1) is 8.53. The van der Waals surface area contributed by atoms with Gasteiger partial charge in [-0.1, -0.05) is 6.92 Å². The molecule has 5 heteroatoms. The highest BCUT2D eigenvalue weighted by Crippen LogP contribution is 2.35. The minimum Gasteiger partial charge on any atom is -0.465 e. The Kier molecular flexibility index (Phi) is 6.46. The lowest BCUT2D eigenvalue weighted by atomic mass is 9.89. The number of rotatable bonds is 6. The van der Waals surface area contributed by atoms with Gasteiger partial charge in [-0.05, 0) is 39.6 Å². The number of thioether (sulfide) groups is 1. The van der Waals surface area contributed by atoms with Gasteiger partial charge in [-0.3, -0.25) is 10.1 Å². The highest BCUT2D eigenvalue weighted by molar-refractivity contribution is 8.00. The lowest BCUT2D eigenvalue weighted by Crippen LogP contribution is -2.61. The average molecular weight is 274 g/mol. The third kappa shape index (κ3) is 3.87. The van der Waals surface area contributed by atoms with Gasteiger partial charge in [-0.15, -0.1) is 0 Å². The molecule has 0 aromatic carbocycles. The van der Waals surface area contributed by atoms with E-state index in [2.05, 4.69) is 17.1 Å². The Bertz CT molecular complexity index is 274. The molecule has 0 amide bonds. The lowest BCUT2D eigenvalue weighted by Gasteiger charge is -2.40. The third-order valence-corrected chi connectivity index (χ3v) is 4.84. The minimum atomic E-state index is -0.491. The Balaban J connectivity index is 2.69. The number of esters is 1. The van der Waals surface area contributed by atoms with Crippen molar-refractivity contribution in [2.24, 2.45) is 0 Å². The Hall–Kier alpha value is -0.260. The van der Waals surface area contributed by atoms with E-state index in [0.717, 1.165) is 31.7 Å². The number of likely N-dealkylation sites (N-methyl/N-ethyl adjacent to an activating group) is 1. The number of nitrogens with one attached hydrogen (secondary N) is 1. The molecule has 2 unspecified atom stereocenters. The summed E-state index contributed by atoms with van der Waals surface area (Å²) < 4.78 is 5.28. The van der Waals surface area contributed by atoms with E-state index in [4.69, 9.17) is 4.74 Å². The molecule has 0 aliphatic carbocycles. The molecule has 0 radical (unpaired) electrons. The topological polar surface area (TPSA) is 41.6 Å². The number of ether oxygens (including phenoxy) is 1. The van der Waals surface area contributed by atoms with Gasteiger partial charge in [-0.25, -0.2) is 0 Å². The van der Waals surface area contributed by atoms with Gasteiger partial charge in [0.1, 0.15) is 5.54 Å². The molecule has 18 heavy (non-hydrogen) atoms. The first-order valence-corrected chi connectivity index (χ1v) is 7.76. The SMILES string of the molecule is CCOC(=O)C1(NCCN(C)C)CCCSC1C. The van der Waals surface area contributed by atoms with Crippen LogP contribution >= 0.6 is 11.8 Å². The normalized spacial score (nSPS) is 28.4. The lowest BCUT2D eigenvalue weighted by molar-refractivity contribution is -0.151. The Labute approximate surface area is 115 Å². The van der Waals surface area contributed by atoms with Crippen LogP contribution in [-0.4, -0.2) is 61.2 Å². The smallest absolute Gasteiger partial charge is 0.327 e. The third-order valence-electron chi connectivity index (χ3n) is 3.42. The molecule has 0 saturated carbocycles. The summed E-state index contributed by atoms with van der Waals surface area (Å²) >= 11 is 1.86. The van der Waals surface area contributed by atoms with Crippen LogP contribution in [0.15, 0.2) is 0 Å². The van der Waals surface area contributed by atoms with Crippen molar-refractivity contribution in [3.05, 3.63) is 0 Å². The molecule has 1 N–H and O–H groups in total. The molecule has 0 bridgehead atoms. The van der Waals surface area contributed by atoms with Crippen molar-refractivity contribution < 1.29 is 9.53 Å². The van der Waals surface area contributed by atoms with Gasteiger partial charge in [-0.2, -0.15) is 11.8 Å². The van der Waals surface area contributed by atoms with Crippen LogP contribution in [0.25, 0.3) is 0 Å². The van der Waals surface area contributed by atoms with Gasteiger partial charge < -0.3 is 9.64 Å². The van der Waals surface area contributed by atoms with Crippen LogP contribution in [0.1, 0.15) is 26.7 Å². The second-order valence-corrected chi connectivity index (χ2v) is 6.49. The maximum absolute atomic E-state index is 12.3. The molecule has 1 aliphatic rings. The fourth-order valence-corrected chi connectivity index (χ4v) is 3.54. The van der Waals surface area contributed by atoms with Crippen molar-refractivity contribution in [3.63, 3.8) is 0 Å². The molecular weight excluding hydrogens is 248 g/mol. The Morgan fingerprint density at radius 1 is 1.56 bits per heavy atom. The fourth-order valence-electron chi connectivity index (χ4n) is 2.29. The summed E-state index contributed by atoms with van der Waals surface area (Å²) in [6.45, 7) is 6.19. The molecule has 0 aromatic heterocycles. The molecule has 1 fully saturated rings. The molecular formula is C13H26N2O2S. The molecule has 1 heterocycles. The van der Waals surface area contributed by atoms with E-state index in [9.17, 15) is 4.79 Å². The van der Waals surface area contributed by atoms with E-state index in [-0.39, 0.29) is 11.2 Å². The molecule has 0 spiro atoms. The van der Waals surface area contributed by atoms with Gasteiger partial charge in [0.2, 0.25) is 0 Å². The highest BCUT2D eigenvalue weighted by Gasteiger charge is 2.46. The van der Waals surface area contributed by atoms with Gasteiger partial charge in [0.25, 0.3) is 0 Å². The highest BCUT2D eigenvalue weighted by atomic mass is 32.2. The largest absolute Gasteiger partial charge is 0.465 e.